The third-order valence-corrected chi connectivity index (χ3v) is 5.95. The van der Waals surface area contributed by atoms with Crippen LogP contribution in [0.25, 0.3) is 0 Å². The minimum Gasteiger partial charge on any atom is -0.556 e. The summed E-state index contributed by atoms with van der Waals surface area (Å²) in [7, 11) is 0. The molecule has 28 heavy (non-hydrogen) atoms. The molecule has 3 aliphatic heterocycles. The van der Waals surface area contributed by atoms with Crippen molar-refractivity contribution < 1.29 is 33.5 Å². The fraction of sp³-hybridized carbons (Fsp3) is 0.368. The van der Waals surface area contributed by atoms with Crippen molar-refractivity contribution in [3.8, 4) is 0 Å². The van der Waals surface area contributed by atoms with Crippen LogP contribution in [0, 0.1) is 0 Å². The molecule has 3 fully saturated rings. The Morgan fingerprint density at radius 2 is 1.64 bits per heavy atom. The molecule has 6 atom stereocenters. The number of hydrogen-bond donors (Lipinski definition) is 2. The quantitative estimate of drug-likeness (QED) is 0.705. The second-order valence-corrected chi connectivity index (χ2v) is 7.82. The van der Waals surface area contributed by atoms with E-state index in [0.717, 1.165) is 5.46 Å². The van der Waals surface area contributed by atoms with E-state index in [-0.39, 0.29) is 6.61 Å². The van der Waals surface area contributed by atoms with Crippen LogP contribution >= 0.6 is 0 Å². The van der Waals surface area contributed by atoms with E-state index >= 15 is 0 Å². The third kappa shape index (κ3) is 2.67. The molecule has 0 saturated carbocycles. The fourth-order valence-electron chi connectivity index (χ4n) is 4.55. The molecular formula is C19H22B2O7-2. The minimum atomic E-state index is -2.68. The van der Waals surface area contributed by atoms with Crippen LogP contribution < -0.4 is 10.9 Å². The molecule has 3 aliphatic rings. The van der Waals surface area contributed by atoms with Crippen LogP contribution in [0.3, 0.4) is 0 Å². The maximum atomic E-state index is 11.0. The highest BCUT2D eigenvalue weighted by Crippen LogP contribution is 2.46. The Bertz CT molecular complexity index is 856. The largest absolute Gasteiger partial charge is 0.556 e. The van der Waals surface area contributed by atoms with E-state index in [1.165, 1.54) is 0 Å². The Kier molecular flexibility index (Phi) is 4.19. The van der Waals surface area contributed by atoms with Gasteiger partial charge in [-0.05, 0) is 0 Å². The van der Waals surface area contributed by atoms with Gasteiger partial charge in [0.05, 0.1) is 18.8 Å². The van der Waals surface area contributed by atoms with E-state index in [2.05, 4.69) is 0 Å². The molecule has 3 saturated heterocycles. The van der Waals surface area contributed by atoms with Crippen LogP contribution in [0.4, 0.5) is 0 Å². The molecule has 0 amide bonds. The summed E-state index contributed by atoms with van der Waals surface area (Å²) in [6.07, 6.45) is -1.86. The Balaban J connectivity index is 1.47. The van der Waals surface area contributed by atoms with Crippen molar-refractivity contribution in [1.29, 1.82) is 0 Å². The zero-order chi connectivity index (χ0) is 19.4. The first-order valence-corrected chi connectivity index (χ1v) is 9.61. The molecule has 7 nitrogen and oxygen atoms in total. The van der Waals surface area contributed by atoms with Gasteiger partial charge in [-0.2, -0.15) is 5.46 Å². The lowest BCUT2D eigenvalue weighted by molar-refractivity contribution is -0.205. The Morgan fingerprint density at radius 1 is 1.00 bits per heavy atom. The number of fused-ring (bicyclic) bond motifs is 3. The number of ether oxygens (including phenoxy) is 1. The van der Waals surface area contributed by atoms with E-state index in [0.29, 0.717) is 5.46 Å². The zero-order valence-corrected chi connectivity index (χ0v) is 15.5. The maximum absolute atomic E-state index is 11.0. The number of aliphatic hydroxyl groups excluding tert-OH is 1. The number of benzene rings is 2. The van der Waals surface area contributed by atoms with Gasteiger partial charge in [0.1, 0.15) is 6.10 Å². The molecule has 2 N–H and O–H groups in total. The normalized spacial score (nSPS) is 42.2. The van der Waals surface area contributed by atoms with Gasteiger partial charge >= 0.3 is 6.75 Å². The zero-order valence-electron chi connectivity index (χ0n) is 15.5. The van der Waals surface area contributed by atoms with Gasteiger partial charge in [-0.25, -0.2) is 0 Å². The Morgan fingerprint density at radius 3 is 2.29 bits per heavy atom. The Hall–Kier alpha value is -1.71. The summed E-state index contributed by atoms with van der Waals surface area (Å²) >= 11 is 0. The summed E-state index contributed by atoms with van der Waals surface area (Å²) in [5, 5.41) is 21.1. The average Bonchev–Trinajstić information content (AvgIpc) is 3.19. The summed E-state index contributed by atoms with van der Waals surface area (Å²) in [5.74, 6) is -1.36. The monoisotopic (exact) mass is 384 g/mol. The van der Waals surface area contributed by atoms with E-state index in [1.54, 1.807) is 12.1 Å². The Labute approximate surface area is 163 Å². The molecule has 3 heterocycles. The van der Waals surface area contributed by atoms with Crippen LogP contribution in [0.2, 0.25) is 6.82 Å². The number of rotatable bonds is 3. The first kappa shape index (κ1) is 18.3. The van der Waals surface area contributed by atoms with Crippen LogP contribution in [0.1, 0.15) is 0 Å². The average molecular weight is 384 g/mol. The van der Waals surface area contributed by atoms with Gasteiger partial charge in [0.15, 0.2) is 5.79 Å². The van der Waals surface area contributed by atoms with E-state index in [9.17, 15) is 10.1 Å². The van der Waals surface area contributed by atoms with Crippen LogP contribution in [0.15, 0.2) is 60.7 Å². The number of aliphatic hydroxyl groups is 1. The summed E-state index contributed by atoms with van der Waals surface area (Å²) < 4.78 is 30.2. The molecule has 0 bridgehead atoms. The summed E-state index contributed by atoms with van der Waals surface area (Å²) in [6, 6.07) is 18.5. The van der Waals surface area contributed by atoms with Gasteiger partial charge < -0.3 is 33.5 Å². The minimum absolute atomic E-state index is 0.107. The molecule has 0 radical (unpaired) electrons. The molecule has 2 unspecified atom stereocenters. The van der Waals surface area contributed by atoms with Crippen LogP contribution in [-0.4, -0.2) is 60.7 Å². The summed E-state index contributed by atoms with van der Waals surface area (Å²) in [6.45, 7) is -3.01. The van der Waals surface area contributed by atoms with E-state index in [4.69, 9.17) is 23.4 Å². The predicted octanol–water partition coefficient (Wildman–Crippen LogP) is -0.278. The smallest absolute Gasteiger partial charge is 0.407 e. The second-order valence-electron chi connectivity index (χ2n) is 7.82. The van der Waals surface area contributed by atoms with Crippen molar-refractivity contribution in [2.45, 2.75) is 30.9 Å². The van der Waals surface area contributed by atoms with Crippen molar-refractivity contribution >= 4 is 24.2 Å². The first-order chi connectivity index (χ1) is 13.5. The highest BCUT2D eigenvalue weighted by molar-refractivity contribution is 6.80. The van der Waals surface area contributed by atoms with E-state index in [1.807, 2.05) is 55.4 Å². The molecule has 9 heteroatoms. The molecule has 0 aliphatic carbocycles. The molecule has 5 rings (SSSR count). The van der Waals surface area contributed by atoms with Gasteiger partial charge in [-0.15, -0.1) is 12.3 Å². The lowest BCUT2D eigenvalue weighted by Gasteiger charge is -2.47. The standard InChI is InChI=1S/C19H22B2O7/c1-20(14-8-4-2-5-9-14)27-18-17-16(25-19(18,13-22)28-20)12-24-21(23,26-17)15-10-6-3-7-11-15/h2-11,16-18,22-23H,12-13H2,1H3/q-2/t16-,17-,18+,19+,20?,21?/m1/s1. The number of hydrogen-bond acceptors (Lipinski definition) is 7. The van der Waals surface area contributed by atoms with Gasteiger partial charge in [-0.3, -0.25) is 0 Å². The molecule has 2 aromatic rings. The van der Waals surface area contributed by atoms with Gasteiger partial charge in [-0.1, -0.05) is 60.7 Å². The maximum Gasteiger partial charge on any atom is 0.407 e. The molecule has 148 valence electrons. The fourth-order valence-corrected chi connectivity index (χ4v) is 4.55. The highest BCUT2D eigenvalue weighted by Gasteiger charge is 2.63. The first-order valence-electron chi connectivity index (χ1n) is 9.61. The van der Waals surface area contributed by atoms with Crippen LogP contribution in [0.5, 0.6) is 0 Å². The molecular weight excluding hydrogens is 362 g/mol. The third-order valence-electron chi connectivity index (χ3n) is 5.95. The van der Waals surface area contributed by atoms with E-state index < -0.39 is 44.0 Å². The van der Waals surface area contributed by atoms with Gasteiger partial charge in [0, 0.05) is 6.61 Å². The lowest BCUT2D eigenvalue weighted by Crippen LogP contribution is -2.64. The lowest BCUT2D eigenvalue weighted by atomic mass is 9.54. The molecule has 2 aromatic carbocycles. The molecule has 0 spiro atoms. The summed E-state index contributed by atoms with van der Waals surface area (Å²) in [4.78, 5) is 0. The van der Waals surface area contributed by atoms with Crippen molar-refractivity contribution in [2.24, 2.45) is 0 Å². The highest BCUT2D eigenvalue weighted by atomic mass is 16.8. The van der Waals surface area contributed by atoms with Crippen molar-refractivity contribution in [3.05, 3.63) is 60.7 Å². The van der Waals surface area contributed by atoms with Gasteiger partial charge in [0.25, 0.3) is 6.55 Å². The topological polar surface area (TPSA) is 86.6 Å². The van der Waals surface area contributed by atoms with Crippen molar-refractivity contribution in [3.63, 3.8) is 0 Å². The predicted molar refractivity (Wildman–Crippen MR) is 103 cm³/mol. The van der Waals surface area contributed by atoms with Crippen molar-refractivity contribution in [2.75, 3.05) is 13.2 Å². The van der Waals surface area contributed by atoms with Crippen molar-refractivity contribution in [1.82, 2.24) is 0 Å². The summed E-state index contributed by atoms with van der Waals surface area (Å²) in [5.41, 5.74) is 1.40. The van der Waals surface area contributed by atoms with Crippen LogP contribution in [-0.2, 0) is 23.4 Å². The second kappa shape index (κ2) is 6.40. The van der Waals surface area contributed by atoms with Gasteiger partial charge in [0.2, 0.25) is 0 Å². The SMILES string of the molecule is C[B-]1(c2ccccc2)O[C@H]2[C@@H]3O[B-](O)(c4ccccc4)OC[C@H]3O[C@@]2(CO)O1. The molecule has 0 aromatic heterocycles.